The van der Waals surface area contributed by atoms with Crippen LogP contribution in [0.5, 0.6) is 0 Å². The van der Waals surface area contributed by atoms with Crippen molar-refractivity contribution in [3.8, 4) is 0 Å². The van der Waals surface area contributed by atoms with Crippen molar-refractivity contribution < 1.29 is 9.90 Å². The molecule has 17 heavy (non-hydrogen) atoms. The van der Waals surface area contributed by atoms with Gasteiger partial charge in [-0.2, -0.15) is 0 Å². The van der Waals surface area contributed by atoms with Crippen molar-refractivity contribution >= 4 is 17.7 Å². The van der Waals surface area contributed by atoms with Crippen LogP contribution in [0.2, 0.25) is 0 Å². The van der Waals surface area contributed by atoms with E-state index in [0.29, 0.717) is 0 Å². The number of thioether (sulfide) groups is 1. The number of piperidine rings is 1. The van der Waals surface area contributed by atoms with Crippen LogP contribution < -0.4 is 5.01 Å². The summed E-state index contributed by atoms with van der Waals surface area (Å²) >= 11 is 1.28. The molecule has 0 aromatic carbocycles. The lowest BCUT2D eigenvalue weighted by atomic mass is 10.2. The first kappa shape index (κ1) is 12.3. The molecule has 5 nitrogen and oxygen atoms in total. The molecule has 1 aliphatic heterocycles. The van der Waals surface area contributed by atoms with E-state index in [1.54, 1.807) is 6.20 Å². The van der Waals surface area contributed by atoms with Gasteiger partial charge in [0.15, 0.2) is 5.16 Å². The van der Waals surface area contributed by atoms with Crippen LogP contribution in [0, 0.1) is 6.92 Å². The first-order chi connectivity index (χ1) is 8.18. The Labute approximate surface area is 105 Å². The first-order valence-electron chi connectivity index (χ1n) is 5.82. The van der Waals surface area contributed by atoms with Crippen LogP contribution >= 0.6 is 11.8 Å². The van der Waals surface area contributed by atoms with Crippen LogP contribution in [0.15, 0.2) is 11.4 Å². The number of carboxylic acid groups (broad SMARTS) is 1. The van der Waals surface area contributed by atoms with Crippen LogP contribution in [0.4, 0.5) is 0 Å². The minimum atomic E-state index is -0.805. The van der Waals surface area contributed by atoms with E-state index in [-0.39, 0.29) is 5.75 Å². The fourth-order valence-corrected chi connectivity index (χ4v) is 2.82. The topological polar surface area (TPSA) is 58.4 Å². The van der Waals surface area contributed by atoms with E-state index in [1.807, 2.05) is 6.92 Å². The second-order valence-electron chi connectivity index (χ2n) is 4.19. The van der Waals surface area contributed by atoms with Crippen molar-refractivity contribution in [3.05, 3.63) is 11.9 Å². The fraction of sp³-hybridized carbons (Fsp3) is 0.636. The van der Waals surface area contributed by atoms with Crippen LogP contribution in [0.3, 0.4) is 0 Å². The Morgan fingerprint density at radius 3 is 2.82 bits per heavy atom. The quantitative estimate of drug-likeness (QED) is 0.826. The van der Waals surface area contributed by atoms with Gasteiger partial charge < -0.3 is 10.1 Å². The molecule has 0 aliphatic carbocycles. The van der Waals surface area contributed by atoms with Crippen molar-refractivity contribution in [1.82, 2.24) is 9.66 Å². The van der Waals surface area contributed by atoms with Gasteiger partial charge >= 0.3 is 5.97 Å². The number of rotatable bonds is 4. The predicted molar refractivity (Wildman–Crippen MR) is 67.1 cm³/mol. The van der Waals surface area contributed by atoms with Crippen molar-refractivity contribution in [1.29, 1.82) is 0 Å². The molecule has 0 amide bonds. The molecule has 0 atom stereocenters. The van der Waals surface area contributed by atoms with E-state index in [4.69, 9.17) is 5.11 Å². The minimum Gasteiger partial charge on any atom is -0.481 e. The lowest BCUT2D eigenvalue weighted by Gasteiger charge is -2.31. The smallest absolute Gasteiger partial charge is 0.313 e. The van der Waals surface area contributed by atoms with Gasteiger partial charge in [-0.3, -0.25) is 4.79 Å². The molecule has 0 bridgehead atoms. The van der Waals surface area contributed by atoms with Gasteiger partial charge in [-0.25, -0.2) is 9.66 Å². The van der Waals surface area contributed by atoms with Crippen molar-refractivity contribution in [2.45, 2.75) is 31.3 Å². The summed E-state index contributed by atoms with van der Waals surface area (Å²) in [7, 11) is 0. The van der Waals surface area contributed by atoms with Gasteiger partial charge in [0.05, 0.1) is 17.6 Å². The number of aliphatic carboxylic acids is 1. The van der Waals surface area contributed by atoms with Gasteiger partial charge in [0, 0.05) is 13.1 Å². The van der Waals surface area contributed by atoms with E-state index < -0.39 is 5.97 Å². The summed E-state index contributed by atoms with van der Waals surface area (Å²) in [5.74, 6) is -0.745. The predicted octanol–water partition coefficient (Wildman–Crippen LogP) is 1.49. The third-order valence-electron chi connectivity index (χ3n) is 2.82. The molecule has 2 rings (SSSR count). The van der Waals surface area contributed by atoms with Gasteiger partial charge in [0.2, 0.25) is 0 Å². The summed E-state index contributed by atoms with van der Waals surface area (Å²) in [5.41, 5.74) is 1.07. The van der Waals surface area contributed by atoms with E-state index in [9.17, 15) is 4.79 Å². The number of aryl methyl sites for hydroxylation is 1. The zero-order chi connectivity index (χ0) is 12.3. The number of nitrogens with zero attached hydrogens (tertiary/aromatic N) is 3. The largest absolute Gasteiger partial charge is 0.481 e. The van der Waals surface area contributed by atoms with Crippen LogP contribution in [0.1, 0.15) is 25.0 Å². The molecule has 1 fully saturated rings. The first-order valence-corrected chi connectivity index (χ1v) is 6.81. The zero-order valence-corrected chi connectivity index (χ0v) is 10.7. The van der Waals surface area contributed by atoms with Crippen LogP contribution in [-0.4, -0.2) is 39.6 Å². The third kappa shape index (κ3) is 2.94. The minimum absolute atomic E-state index is 0.0598. The van der Waals surface area contributed by atoms with E-state index in [1.165, 1.54) is 31.0 Å². The molecule has 0 spiro atoms. The molecule has 0 radical (unpaired) electrons. The van der Waals surface area contributed by atoms with E-state index in [2.05, 4.69) is 14.7 Å². The average molecular weight is 255 g/mol. The number of carboxylic acids is 1. The van der Waals surface area contributed by atoms with Gasteiger partial charge in [-0.05, 0) is 26.2 Å². The van der Waals surface area contributed by atoms with Gasteiger partial charge in [-0.15, -0.1) is 0 Å². The molecule has 94 valence electrons. The van der Waals surface area contributed by atoms with Crippen LogP contribution in [-0.2, 0) is 4.79 Å². The summed E-state index contributed by atoms with van der Waals surface area (Å²) in [6.45, 7) is 4.06. The number of hydrogen-bond acceptors (Lipinski definition) is 4. The molecule has 0 saturated carbocycles. The molecule has 2 heterocycles. The lowest BCUT2D eigenvalue weighted by molar-refractivity contribution is -0.133. The zero-order valence-electron chi connectivity index (χ0n) is 9.93. The second-order valence-corrected chi connectivity index (χ2v) is 5.13. The molecule has 0 unspecified atom stereocenters. The highest BCUT2D eigenvalue weighted by molar-refractivity contribution is 7.99. The SMILES string of the molecule is Cc1cnc(SCC(=O)O)n1N1CCCCC1. The normalized spacial score (nSPS) is 16.2. The molecule has 1 N–H and O–H groups in total. The summed E-state index contributed by atoms with van der Waals surface area (Å²) in [6, 6.07) is 0. The van der Waals surface area contributed by atoms with Gasteiger partial charge in [0.1, 0.15) is 0 Å². The Kier molecular flexibility index (Phi) is 3.93. The monoisotopic (exact) mass is 255 g/mol. The number of carbonyl (C=O) groups is 1. The molecule has 1 aliphatic rings. The highest BCUT2D eigenvalue weighted by atomic mass is 32.2. The molecule has 1 saturated heterocycles. The third-order valence-corrected chi connectivity index (χ3v) is 3.74. The summed E-state index contributed by atoms with van der Waals surface area (Å²) in [6.07, 6.45) is 5.47. The Morgan fingerprint density at radius 1 is 1.47 bits per heavy atom. The lowest BCUT2D eigenvalue weighted by Crippen LogP contribution is -2.40. The number of imidazole rings is 1. The Bertz CT molecular complexity index is 399. The van der Waals surface area contributed by atoms with Crippen molar-refractivity contribution in [2.75, 3.05) is 23.9 Å². The number of hydrogen-bond donors (Lipinski definition) is 1. The molecule has 6 heteroatoms. The second kappa shape index (κ2) is 5.44. The Balaban J connectivity index is 2.13. The summed E-state index contributed by atoms with van der Waals surface area (Å²) in [5, 5.41) is 11.8. The Hall–Kier alpha value is -1.17. The van der Waals surface area contributed by atoms with Crippen LogP contribution in [0.25, 0.3) is 0 Å². The Morgan fingerprint density at radius 2 is 2.18 bits per heavy atom. The highest BCUT2D eigenvalue weighted by Gasteiger charge is 2.17. The van der Waals surface area contributed by atoms with Crippen molar-refractivity contribution in [3.63, 3.8) is 0 Å². The summed E-state index contributed by atoms with van der Waals surface area (Å²) in [4.78, 5) is 14.9. The standard InChI is InChI=1S/C11H17N3O2S/c1-9-7-12-11(17-8-10(15)16)14(9)13-5-3-2-4-6-13/h7H,2-6,8H2,1H3,(H,15,16). The highest BCUT2D eigenvalue weighted by Crippen LogP contribution is 2.20. The van der Waals surface area contributed by atoms with Gasteiger partial charge in [0.25, 0.3) is 0 Å². The maximum atomic E-state index is 10.6. The molecular formula is C11H17N3O2S. The fourth-order valence-electron chi connectivity index (χ4n) is 2.05. The molecule has 1 aromatic rings. The van der Waals surface area contributed by atoms with Crippen molar-refractivity contribution in [2.24, 2.45) is 0 Å². The van der Waals surface area contributed by atoms with E-state index >= 15 is 0 Å². The molecular weight excluding hydrogens is 238 g/mol. The van der Waals surface area contributed by atoms with E-state index in [0.717, 1.165) is 23.9 Å². The van der Waals surface area contributed by atoms with Gasteiger partial charge in [-0.1, -0.05) is 11.8 Å². The summed E-state index contributed by atoms with van der Waals surface area (Å²) < 4.78 is 2.06. The molecule has 1 aromatic heterocycles. The maximum absolute atomic E-state index is 10.6. The maximum Gasteiger partial charge on any atom is 0.313 e. The average Bonchev–Trinajstić information content (AvgIpc) is 2.69. The number of aromatic nitrogens is 2.